The van der Waals surface area contributed by atoms with Crippen LogP contribution in [0.4, 0.5) is 45.5 Å². The highest BCUT2D eigenvalue weighted by Gasteiger charge is 2.54. The van der Waals surface area contributed by atoms with Crippen molar-refractivity contribution in [3.63, 3.8) is 0 Å². The topological polar surface area (TPSA) is 47.1 Å². The summed E-state index contributed by atoms with van der Waals surface area (Å²) in [6.45, 7) is 0. The van der Waals surface area contributed by atoms with E-state index in [1.54, 1.807) is 0 Å². The fourth-order valence-corrected chi connectivity index (χ4v) is 15.6. The summed E-state index contributed by atoms with van der Waals surface area (Å²) < 4.78 is 43.5. The summed E-state index contributed by atoms with van der Waals surface area (Å²) in [4.78, 5) is 0. The quantitative estimate of drug-likeness (QED) is 0.142. The minimum atomic E-state index is -4.03. The molecule has 2 aliphatic heterocycles. The normalized spacial score (nSPS) is 14.7. The summed E-state index contributed by atoms with van der Waals surface area (Å²) in [5.74, 6) is 0. The van der Waals surface area contributed by atoms with Crippen molar-refractivity contribution in [2.75, 3.05) is 18.7 Å². The van der Waals surface area contributed by atoms with E-state index < -0.39 is 14.9 Å². The van der Waals surface area contributed by atoms with Gasteiger partial charge >= 0.3 is 14.9 Å². The van der Waals surface area contributed by atoms with Crippen molar-refractivity contribution in [1.82, 2.24) is 0 Å². The zero-order valence-corrected chi connectivity index (χ0v) is 35.4. The van der Waals surface area contributed by atoms with Gasteiger partial charge < -0.3 is 0 Å². The Labute approximate surface area is 362 Å². The highest BCUT2D eigenvalue weighted by molar-refractivity contribution is 7.77. The average molecular weight is 839 g/mol. The maximum Gasteiger partial charge on any atom is 0.302 e. The number of hydrogen-bond donors (Lipinski definition) is 0. The van der Waals surface area contributed by atoms with Crippen LogP contribution in [-0.4, -0.2) is 0 Å². The molecule has 2 aliphatic rings. The number of benzene rings is 9. The molecule has 0 saturated carbocycles. The van der Waals surface area contributed by atoms with Crippen LogP contribution < -0.4 is 29.3 Å². The number of para-hydroxylation sites is 8. The van der Waals surface area contributed by atoms with Crippen LogP contribution in [0.5, 0.6) is 0 Å². The molecule has 0 radical (unpaired) electrons. The molecule has 9 aromatic rings. The van der Waals surface area contributed by atoms with Crippen molar-refractivity contribution in [1.29, 1.82) is 0 Å². The minimum absolute atomic E-state index is 0.564. The van der Waals surface area contributed by atoms with Gasteiger partial charge in [-0.15, -0.1) is 0 Å². The van der Waals surface area contributed by atoms with E-state index in [0.29, 0.717) is 10.6 Å². The lowest BCUT2D eigenvalue weighted by Crippen LogP contribution is -2.33. The maximum atomic E-state index is 17.7. The van der Waals surface area contributed by atoms with Crippen LogP contribution in [0.3, 0.4) is 0 Å². The lowest BCUT2D eigenvalue weighted by Gasteiger charge is -2.37. The van der Waals surface area contributed by atoms with Crippen LogP contribution >= 0.6 is 14.9 Å². The first-order valence-electron chi connectivity index (χ1n) is 20.7. The zero-order chi connectivity index (χ0) is 41.7. The van der Waals surface area contributed by atoms with Crippen molar-refractivity contribution in [2.24, 2.45) is 0 Å². The molecule has 0 bridgehead atoms. The number of nitrogens with zero attached hydrogens (tertiary/aromatic N) is 4. The molecule has 62 heavy (non-hydrogen) atoms. The van der Waals surface area contributed by atoms with E-state index in [-0.39, 0.29) is 0 Å². The van der Waals surface area contributed by atoms with Gasteiger partial charge in [0.15, 0.2) is 0 Å². The molecule has 11 rings (SSSR count). The summed E-state index contributed by atoms with van der Waals surface area (Å²) in [6, 6.07) is 80.6. The summed E-state index contributed by atoms with van der Waals surface area (Å²) in [5.41, 5.74) is 9.75. The van der Waals surface area contributed by atoms with Gasteiger partial charge in [0.1, 0.15) is 0 Å². The molecule has 0 N–H and O–H groups in total. The van der Waals surface area contributed by atoms with Crippen molar-refractivity contribution < 1.29 is 9.13 Å². The molecule has 6 nitrogen and oxygen atoms in total. The molecule has 2 heterocycles. The van der Waals surface area contributed by atoms with Crippen molar-refractivity contribution in [2.45, 2.75) is 0 Å². The lowest BCUT2D eigenvalue weighted by molar-refractivity contribution is 0.582. The smallest absolute Gasteiger partial charge is 0.270 e. The Balaban J connectivity index is 1.31. The van der Waals surface area contributed by atoms with Gasteiger partial charge in [0, 0.05) is 22.7 Å². The Morgan fingerprint density at radius 3 is 0.742 bits per heavy atom. The summed E-state index contributed by atoms with van der Waals surface area (Å²) in [5, 5.41) is 1.13. The molecule has 0 amide bonds. The van der Waals surface area contributed by atoms with Gasteiger partial charge in [-0.05, 0) is 107 Å². The molecule has 298 valence electrons. The molecule has 0 fully saturated rings. The second-order valence-corrected chi connectivity index (χ2v) is 20.0. The number of fused-ring (bicyclic) bond motifs is 2. The van der Waals surface area contributed by atoms with Crippen LogP contribution in [0, 0.1) is 0 Å². The molecule has 0 aliphatic carbocycles. The fraction of sp³-hybridized carbons (Fsp3) is 0. The number of rotatable bonds is 8. The molecule has 0 saturated heterocycles. The highest BCUT2D eigenvalue weighted by atomic mass is 31.2. The van der Waals surface area contributed by atoms with E-state index in [1.807, 2.05) is 231 Å². The molecule has 0 aromatic heterocycles. The van der Waals surface area contributed by atoms with Crippen LogP contribution in [0.25, 0.3) is 22.3 Å². The molecular weight excluding hydrogens is 799 g/mol. The number of hydrogen-bond acceptors (Lipinski definition) is 2. The highest BCUT2D eigenvalue weighted by Crippen LogP contribution is 2.73. The summed E-state index contributed by atoms with van der Waals surface area (Å²) in [7, 11) is -8.06. The van der Waals surface area contributed by atoms with E-state index in [4.69, 9.17) is 0 Å². The Bertz CT molecular complexity index is 2800. The maximum absolute atomic E-state index is 17.7. The van der Waals surface area contributed by atoms with Gasteiger partial charge in [-0.3, -0.25) is 27.8 Å². The van der Waals surface area contributed by atoms with E-state index in [1.165, 1.54) is 0 Å². The third kappa shape index (κ3) is 5.87. The Morgan fingerprint density at radius 1 is 0.258 bits per heavy atom. The molecular formula is C54H40N4O2P2. The van der Waals surface area contributed by atoms with Gasteiger partial charge in [0.05, 0.1) is 33.4 Å². The van der Waals surface area contributed by atoms with Gasteiger partial charge in [-0.25, -0.2) is 0 Å². The minimum Gasteiger partial charge on any atom is -0.270 e. The van der Waals surface area contributed by atoms with Crippen molar-refractivity contribution >= 4 is 71.0 Å². The number of anilines is 8. The Kier molecular flexibility index (Phi) is 9.27. The first-order valence-corrected chi connectivity index (χ1v) is 23.9. The Morgan fingerprint density at radius 2 is 0.484 bits per heavy atom. The monoisotopic (exact) mass is 838 g/mol. The zero-order valence-electron chi connectivity index (χ0n) is 33.6. The molecule has 8 heteroatoms. The van der Waals surface area contributed by atoms with Gasteiger partial charge in [0.2, 0.25) is 0 Å². The third-order valence-electron chi connectivity index (χ3n) is 11.7. The third-order valence-corrected chi connectivity index (χ3v) is 17.6. The molecule has 9 aromatic carbocycles. The second kappa shape index (κ2) is 15.3. The lowest BCUT2D eigenvalue weighted by atomic mass is 9.99. The molecule has 0 atom stereocenters. The first kappa shape index (κ1) is 37.6. The summed E-state index contributed by atoms with van der Waals surface area (Å²) >= 11 is 0. The fourth-order valence-electron chi connectivity index (χ4n) is 9.05. The predicted molar refractivity (Wildman–Crippen MR) is 259 cm³/mol. The largest absolute Gasteiger partial charge is 0.302 e. The van der Waals surface area contributed by atoms with Crippen LogP contribution in [-0.2, 0) is 9.13 Å². The van der Waals surface area contributed by atoms with Gasteiger partial charge in [-0.1, -0.05) is 158 Å². The average Bonchev–Trinajstić information content (AvgIpc) is 3.78. The van der Waals surface area contributed by atoms with E-state index >= 15 is 9.13 Å². The van der Waals surface area contributed by atoms with Gasteiger partial charge in [0.25, 0.3) is 0 Å². The van der Waals surface area contributed by atoms with Crippen LogP contribution in [0.2, 0.25) is 0 Å². The molecule has 0 unspecified atom stereocenters. The Hall–Kier alpha value is -7.36. The second-order valence-electron chi connectivity index (χ2n) is 15.3. The van der Waals surface area contributed by atoms with E-state index in [0.717, 1.165) is 67.8 Å². The standard InChI is InChI=1S/C54H40N4O2P2/c59-61(55(43-27-11-3-12-28-43)49-35-19-20-36-50(49)56(61)44-29-13-4-14-30-44)53-40-54(48(42-25-9-2-10-26-42)39-47(53)41-23-7-1-8-24-41)62(60)57(45-31-15-5-16-32-45)51-37-21-22-38-52(51)58(62)46-33-17-6-18-34-46/h1-40H. The van der Waals surface area contributed by atoms with E-state index in [9.17, 15) is 0 Å². The van der Waals surface area contributed by atoms with Crippen molar-refractivity contribution in [3.8, 4) is 22.3 Å². The van der Waals surface area contributed by atoms with E-state index in [2.05, 4.69) is 30.3 Å². The first-order chi connectivity index (χ1) is 30.6. The van der Waals surface area contributed by atoms with Gasteiger partial charge in [-0.2, -0.15) is 0 Å². The van der Waals surface area contributed by atoms with Crippen molar-refractivity contribution in [3.05, 3.63) is 243 Å². The van der Waals surface area contributed by atoms with Crippen LogP contribution in [0.15, 0.2) is 243 Å². The SMILES string of the molecule is O=P1(c2cc(P3(=O)N(c4ccccc4)c4ccccc4N3c3ccccc3)c(-c3ccccc3)cc2-c2ccccc2)N(c2ccccc2)c2ccccc2N1c1ccccc1. The molecule has 0 spiro atoms. The van der Waals surface area contributed by atoms with Crippen LogP contribution in [0.1, 0.15) is 0 Å². The summed E-state index contributed by atoms with van der Waals surface area (Å²) in [6.07, 6.45) is 0. The predicted octanol–water partition coefficient (Wildman–Crippen LogP) is 14.6.